The Labute approximate surface area is 154 Å². The molecule has 1 heterocycles. The van der Waals surface area contributed by atoms with Gasteiger partial charge in [-0.3, -0.25) is 14.4 Å². The number of hydrogen-bond donors (Lipinski definition) is 2. The van der Waals surface area contributed by atoms with Crippen molar-refractivity contribution in [2.75, 3.05) is 6.61 Å². The van der Waals surface area contributed by atoms with E-state index < -0.39 is 47.3 Å². The van der Waals surface area contributed by atoms with E-state index in [4.69, 9.17) is 14.2 Å². The Kier molecular flexibility index (Phi) is 7.18. The number of ether oxygens (including phenoxy) is 3. The first-order valence-corrected chi connectivity index (χ1v) is 8.70. The lowest BCUT2D eigenvalue weighted by atomic mass is 9.95. The van der Waals surface area contributed by atoms with Gasteiger partial charge in [-0.05, 0) is 41.5 Å². The third-order valence-electron chi connectivity index (χ3n) is 3.79. The van der Waals surface area contributed by atoms with Crippen LogP contribution in [0.4, 0.5) is 0 Å². The van der Waals surface area contributed by atoms with Crippen LogP contribution in [0.3, 0.4) is 0 Å². The Morgan fingerprint density at radius 3 is 2.08 bits per heavy atom. The molecule has 0 radical (unpaired) electrons. The average Bonchev–Trinajstić information content (AvgIpc) is 2.45. The van der Waals surface area contributed by atoms with Crippen LogP contribution in [0, 0.1) is 10.8 Å². The van der Waals surface area contributed by atoms with Crippen molar-refractivity contribution in [3.63, 3.8) is 0 Å². The second-order valence-electron chi connectivity index (χ2n) is 8.65. The lowest BCUT2D eigenvalue weighted by molar-refractivity contribution is -0.228. The van der Waals surface area contributed by atoms with Gasteiger partial charge in [0.25, 0.3) is 0 Å². The van der Waals surface area contributed by atoms with Crippen molar-refractivity contribution >= 4 is 17.8 Å². The van der Waals surface area contributed by atoms with Gasteiger partial charge in [0, 0.05) is 13.3 Å². The number of esters is 2. The second kappa shape index (κ2) is 8.35. The van der Waals surface area contributed by atoms with E-state index in [0.29, 0.717) is 0 Å². The summed E-state index contributed by atoms with van der Waals surface area (Å²) in [7, 11) is 0. The van der Waals surface area contributed by atoms with Crippen LogP contribution < -0.4 is 5.32 Å². The predicted octanol–water partition coefficient (Wildman–Crippen LogP) is 1.15. The maximum Gasteiger partial charge on any atom is 0.311 e. The van der Waals surface area contributed by atoms with Gasteiger partial charge in [-0.15, -0.1) is 0 Å². The Balaban J connectivity index is 2.84. The van der Waals surface area contributed by atoms with Crippen LogP contribution in [-0.4, -0.2) is 54.1 Å². The third kappa shape index (κ3) is 6.57. The molecule has 0 spiro atoms. The molecule has 0 aliphatic carbocycles. The van der Waals surface area contributed by atoms with E-state index in [-0.39, 0.29) is 18.9 Å². The van der Waals surface area contributed by atoms with Crippen molar-refractivity contribution in [3.05, 3.63) is 0 Å². The molecule has 1 amide bonds. The SMILES string of the molecule is CC(=O)N[C@@H]1[C@@H](OC(=O)C(C)(C)C)C[C@@H](COC(=O)C(C)(C)C)O[C@@H]1O. The van der Waals surface area contributed by atoms with Crippen LogP contribution in [0.15, 0.2) is 0 Å². The number of rotatable bonds is 4. The van der Waals surface area contributed by atoms with Gasteiger partial charge in [0.2, 0.25) is 5.91 Å². The van der Waals surface area contributed by atoms with Crippen LogP contribution in [0.2, 0.25) is 0 Å². The highest BCUT2D eigenvalue weighted by Crippen LogP contribution is 2.26. The Morgan fingerprint density at radius 1 is 1.08 bits per heavy atom. The maximum absolute atomic E-state index is 12.2. The zero-order chi connectivity index (χ0) is 20.3. The second-order valence-corrected chi connectivity index (χ2v) is 8.65. The number of nitrogens with one attached hydrogen (secondary N) is 1. The molecule has 150 valence electrons. The molecule has 1 saturated heterocycles. The number of amides is 1. The first-order valence-electron chi connectivity index (χ1n) is 8.70. The van der Waals surface area contributed by atoms with Gasteiger partial charge >= 0.3 is 11.9 Å². The zero-order valence-electron chi connectivity index (χ0n) is 16.6. The molecule has 0 aromatic carbocycles. The van der Waals surface area contributed by atoms with Gasteiger partial charge in [-0.1, -0.05) is 0 Å². The van der Waals surface area contributed by atoms with E-state index >= 15 is 0 Å². The fourth-order valence-corrected chi connectivity index (χ4v) is 2.25. The molecule has 4 atom stereocenters. The van der Waals surface area contributed by atoms with E-state index in [9.17, 15) is 19.5 Å². The maximum atomic E-state index is 12.2. The lowest BCUT2D eigenvalue weighted by Crippen LogP contribution is -2.59. The highest BCUT2D eigenvalue weighted by molar-refractivity contribution is 5.76. The molecular weight excluding hydrogens is 342 g/mol. The highest BCUT2D eigenvalue weighted by atomic mass is 16.6. The van der Waals surface area contributed by atoms with Crippen molar-refractivity contribution in [2.45, 2.75) is 79.4 Å². The number of aliphatic hydroxyl groups is 1. The van der Waals surface area contributed by atoms with Crippen LogP contribution in [-0.2, 0) is 28.6 Å². The summed E-state index contributed by atoms with van der Waals surface area (Å²) in [4.78, 5) is 35.5. The lowest BCUT2D eigenvalue weighted by Gasteiger charge is -2.39. The van der Waals surface area contributed by atoms with E-state index in [0.717, 1.165) is 0 Å². The number of hydrogen-bond acceptors (Lipinski definition) is 7. The van der Waals surface area contributed by atoms with Crippen molar-refractivity contribution in [1.29, 1.82) is 0 Å². The molecule has 8 nitrogen and oxygen atoms in total. The topological polar surface area (TPSA) is 111 Å². The molecular formula is C18H31NO7. The molecule has 1 aliphatic heterocycles. The van der Waals surface area contributed by atoms with Gasteiger partial charge in [-0.25, -0.2) is 0 Å². The molecule has 0 aromatic rings. The van der Waals surface area contributed by atoms with Gasteiger partial charge in [0.05, 0.1) is 16.9 Å². The Morgan fingerprint density at radius 2 is 1.62 bits per heavy atom. The highest BCUT2D eigenvalue weighted by Gasteiger charge is 2.42. The Hall–Kier alpha value is -1.67. The summed E-state index contributed by atoms with van der Waals surface area (Å²) in [5.74, 6) is -1.24. The summed E-state index contributed by atoms with van der Waals surface area (Å²) < 4.78 is 16.2. The summed E-state index contributed by atoms with van der Waals surface area (Å²) in [5, 5.41) is 12.8. The van der Waals surface area contributed by atoms with Crippen LogP contribution in [0.25, 0.3) is 0 Å². The van der Waals surface area contributed by atoms with Crippen molar-refractivity contribution in [1.82, 2.24) is 5.32 Å². The van der Waals surface area contributed by atoms with Crippen molar-refractivity contribution < 1.29 is 33.7 Å². The van der Waals surface area contributed by atoms with E-state index in [1.165, 1.54) is 6.92 Å². The minimum absolute atomic E-state index is 0.0798. The van der Waals surface area contributed by atoms with Crippen molar-refractivity contribution in [3.8, 4) is 0 Å². The molecule has 1 rings (SSSR count). The molecule has 8 heteroatoms. The quantitative estimate of drug-likeness (QED) is 0.711. The summed E-state index contributed by atoms with van der Waals surface area (Å²) in [6.45, 7) is 11.5. The number of carbonyl (C=O) groups is 3. The molecule has 0 bridgehead atoms. The minimum Gasteiger partial charge on any atom is -0.463 e. The normalized spacial score (nSPS) is 26.8. The third-order valence-corrected chi connectivity index (χ3v) is 3.79. The summed E-state index contributed by atoms with van der Waals surface area (Å²) >= 11 is 0. The first-order chi connectivity index (χ1) is 11.7. The fraction of sp³-hybridized carbons (Fsp3) is 0.833. The Bertz CT molecular complexity index is 533. The molecule has 0 unspecified atom stereocenters. The van der Waals surface area contributed by atoms with E-state index in [1.807, 2.05) is 0 Å². The van der Waals surface area contributed by atoms with Crippen molar-refractivity contribution in [2.24, 2.45) is 10.8 Å². The summed E-state index contributed by atoms with van der Waals surface area (Å²) in [6.07, 6.45) is -2.66. The van der Waals surface area contributed by atoms with Gasteiger partial charge in [0.1, 0.15) is 18.8 Å². The summed E-state index contributed by atoms with van der Waals surface area (Å²) in [6, 6.07) is -0.895. The van der Waals surface area contributed by atoms with E-state index in [1.54, 1.807) is 41.5 Å². The van der Waals surface area contributed by atoms with E-state index in [2.05, 4.69) is 5.32 Å². The average molecular weight is 373 g/mol. The number of aliphatic hydroxyl groups excluding tert-OH is 1. The predicted molar refractivity (Wildman–Crippen MR) is 92.9 cm³/mol. The van der Waals surface area contributed by atoms with Crippen LogP contribution in [0.5, 0.6) is 0 Å². The van der Waals surface area contributed by atoms with Gasteiger partial charge in [0.15, 0.2) is 6.29 Å². The first kappa shape index (κ1) is 22.4. The molecule has 1 fully saturated rings. The molecule has 26 heavy (non-hydrogen) atoms. The molecule has 1 aliphatic rings. The van der Waals surface area contributed by atoms with Crippen LogP contribution in [0.1, 0.15) is 54.9 Å². The number of carbonyl (C=O) groups excluding carboxylic acids is 3. The standard InChI is InChI=1S/C18H31NO7/c1-10(20)19-13-12(26-16(23)18(5,6)7)8-11(25-14(13)21)9-24-15(22)17(2,3)4/h11-14,21H,8-9H2,1-7H3,(H,19,20)/t11-,12-,13+,14-/m0/s1. The minimum atomic E-state index is -1.39. The van der Waals surface area contributed by atoms with Crippen LogP contribution >= 0.6 is 0 Å². The fourth-order valence-electron chi connectivity index (χ4n) is 2.25. The van der Waals surface area contributed by atoms with Gasteiger partial charge in [-0.2, -0.15) is 0 Å². The smallest absolute Gasteiger partial charge is 0.311 e. The molecule has 2 N–H and O–H groups in total. The summed E-state index contributed by atoms with van der Waals surface area (Å²) in [5.41, 5.74) is -1.40. The molecule has 0 saturated carbocycles. The largest absolute Gasteiger partial charge is 0.463 e. The molecule has 0 aromatic heterocycles. The zero-order valence-corrected chi connectivity index (χ0v) is 16.6. The van der Waals surface area contributed by atoms with Gasteiger partial charge < -0.3 is 24.6 Å². The monoisotopic (exact) mass is 373 g/mol.